The van der Waals surface area contributed by atoms with Crippen LogP contribution in [-0.2, 0) is 4.74 Å². The van der Waals surface area contributed by atoms with Crippen LogP contribution in [0.3, 0.4) is 0 Å². The van der Waals surface area contributed by atoms with Crippen LogP contribution in [0, 0.1) is 6.92 Å². The molecular formula is C16H22N2O. The number of aromatic nitrogens is 1. The third-order valence-electron chi connectivity index (χ3n) is 4.26. The van der Waals surface area contributed by atoms with Gasteiger partial charge in [-0.25, -0.2) is 0 Å². The minimum absolute atomic E-state index is 0.705. The van der Waals surface area contributed by atoms with Crippen LogP contribution in [0.15, 0.2) is 24.4 Å². The molecule has 2 aliphatic rings. The molecule has 19 heavy (non-hydrogen) atoms. The zero-order valence-electron chi connectivity index (χ0n) is 11.6. The number of nitrogens with zero attached hydrogens (tertiary/aromatic N) is 2. The summed E-state index contributed by atoms with van der Waals surface area (Å²) in [4.78, 5) is 7.12. The fourth-order valence-corrected chi connectivity index (χ4v) is 3.13. The van der Waals surface area contributed by atoms with Crippen molar-refractivity contribution in [3.8, 4) is 0 Å². The van der Waals surface area contributed by atoms with Crippen molar-refractivity contribution in [3.05, 3.63) is 35.7 Å². The van der Waals surface area contributed by atoms with Gasteiger partial charge in [-0.1, -0.05) is 12.1 Å². The van der Waals surface area contributed by atoms with Gasteiger partial charge in [-0.05, 0) is 43.4 Å². The zero-order chi connectivity index (χ0) is 13.1. The highest BCUT2D eigenvalue weighted by Gasteiger charge is 2.23. The van der Waals surface area contributed by atoms with E-state index >= 15 is 0 Å². The molecule has 1 saturated heterocycles. The molecule has 0 N–H and O–H groups in total. The van der Waals surface area contributed by atoms with Crippen LogP contribution in [0.25, 0.3) is 5.57 Å². The molecule has 0 amide bonds. The van der Waals surface area contributed by atoms with Crippen molar-refractivity contribution in [2.75, 3.05) is 26.3 Å². The first-order valence-electron chi connectivity index (χ1n) is 7.27. The summed E-state index contributed by atoms with van der Waals surface area (Å²) in [6, 6.07) is 4.87. The molecule has 1 fully saturated rings. The number of allylic oxidation sites excluding steroid dienone is 1. The first-order valence-corrected chi connectivity index (χ1v) is 7.27. The van der Waals surface area contributed by atoms with Crippen LogP contribution in [0.1, 0.15) is 30.5 Å². The smallest absolute Gasteiger partial charge is 0.0687 e. The molecule has 0 spiro atoms. The lowest BCUT2D eigenvalue weighted by molar-refractivity contribution is 0.0150. The minimum atomic E-state index is 0.705. The molecule has 3 heteroatoms. The molecule has 0 radical (unpaired) electrons. The van der Waals surface area contributed by atoms with Crippen LogP contribution in [-0.4, -0.2) is 42.2 Å². The largest absolute Gasteiger partial charge is 0.379 e. The number of ether oxygens (including phenoxy) is 1. The Morgan fingerprint density at radius 3 is 2.84 bits per heavy atom. The Bertz CT molecular complexity index is 464. The predicted octanol–water partition coefficient (Wildman–Crippen LogP) is 2.66. The van der Waals surface area contributed by atoms with E-state index in [2.05, 4.69) is 29.0 Å². The Morgan fingerprint density at radius 1 is 1.32 bits per heavy atom. The van der Waals surface area contributed by atoms with Gasteiger partial charge in [0.05, 0.1) is 18.9 Å². The Hall–Kier alpha value is -1.19. The summed E-state index contributed by atoms with van der Waals surface area (Å²) in [5, 5.41) is 0. The molecule has 1 aromatic rings. The fraction of sp³-hybridized carbons (Fsp3) is 0.562. The van der Waals surface area contributed by atoms with Crippen LogP contribution < -0.4 is 0 Å². The second-order valence-corrected chi connectivity index (χ2v) is 5.47. The number of aryl methyl sites for hydroxylation is 1. The van der Waals surface area contributed by atoms with Gasteiger partial charge >= 0.3 is 0 Å². The van der Waals surface area contributed by atoms with E-state index in [-0.39, 0.29) is 0 Å². The third kappa shape index (κ3) is 2.88. The highest BCUT2D eigenvalue weighted by atomic mass is 16.5. The van der Waals surface area contributed by atoms with E-state index in [1.165, 1.54) is 23.3 Å². The van der Waals surface area contributed by atoms with E-state index in [0.717, 1.165) is 39.1 Å². The van der Waals surface area contributed by atoms with Gasteiger partial charge in [0.2, 0.25) is 0 Å². The molecule has 0 aromatic carbocycles. The summed E-state index contributed by atoms with van der Waals surface area (Å²) in [5.74, 6) is 0. The van der Waals surface area contributed by atoms with Crippen LogP contribution in [0.5, 0.6) is 0 Å². The monoisotopic (exact) mass is 258 g/mol. The summed E-state index contributed by atoms with van der Waals surface area (Å²) >= 11 is 0. The summed E-state index contributed by atoms with van der Waals surface area (Å²) in [6.07, 6.45) is 7.86. The van der Waals surface area contributed by atoms with Crippen molar-refractivity contribution in [2.45, 2.75) is 32.2 Å². The molecular weight excluding hydrogens is 236 g/mol. The van der Waals surface area contributed by atoms with Crippen molar-refractivity contribution in [3.63, 3.8) is 0 Å². The first-order chi connectivity index (χ1) is 9.34. The number of morpholine rings is 1. The summed E-state index contributed by atoms with van der Waals surface area (Å²) in [5.41, 5.74) is 3.92. The van der Waals surface area contributed by atoms with Gasteiger partial charge in [0.15, 0.2) is 0 Å². The highest BCUT2D eigenvalue weighted by Crippen LogP contribution is 2.29. The maximum Gasteiger partial charge on any atom is 0.0687 e. The second kappa shape index (κ2) is 5.85. The maximum atomic E-state index is 5.43. The molecule has 1 aliphatic heterocycles. The Labute approximate surface area is 115 Å². The van der Waals surface area contributed by atoms with Crippen LogP contribution in [0.4, 0.5) is 0 Å². The molecule has 3 nitrogen and oxygen atoms in total. The van der Waals surface area contributed by atoms with Crippen molar-refractivity contribution >= 4 is 5.57 Å². The van der Waals surface area contributed by atoms with E-state index in [4.69, 9.17) is 4.74 Å². The lowest BCUT2D eigenvalue weighted by Crippen LogP contribution is -2.43. The molecule has 3 rings (SSSR count). The molecule has 102 valence electrons. The van der Waals surface area contributed by atoms with Gasteiger partial charge in [-0.15, -0.1) is 0 Å². The maximum absolute atomic E-state index is 5.43. The van der Waals surface area contributed by atoms with Gasteiger partial charge in [-0.2, -0.15) is 0 Å². The van der Waals surface area contributed by atoms with Gasteiger partial charge in [0.25, 0.3) is 0 Å². The van der Waals surface area contributed by atoms with Crippen LogP contribution in [0.2, 0.25) is 0 Å². The van der Waals surface area contributed by atoms with Crippen molar-refractivity contribution in [1.29, 1.82) is 0 Å². The van der Waals surface area contributed by atoms with E-state index in [9.17, 15) is 0 Å². The number of hydrogen-bond donors (Lipinski definition) is 0. The fourth-order valence-electron chi connectivity index (χ4n) is 3.13. The van der Waals surface area contributed by atoms with Crippen molar-refractivity contribution in [2.24, 2.45) is 0 Å². The normalized spacial score (nSPS) is 25.1. The summed E-state index contributed by atoms with van der Waals surface area (Å²) < 4.78 is 5.43. The zero-order valence-corrected chi connectivity index (χ0v) is 11.6. The highest BCUT2D eigenvalue weighted by molar-refractivity contribution is 5.65. The average molecular weight is 258 g/mol. The first kappa shape index (κ1) is 12.8. The lowest BCUT2D eigenvalue weighted by atomic mass is 9.90. The number of pyridine rings is 1. The minimum Gasteiger partial charge on any atom is -0.379 e. The number of rotatable bonds is 2. The lowest BCUT2D eigenvalue weighted by Gasteiger charge is -2.36. The Morgan fingerprint density at radius 2 is 2.16 bits per heavy atom. The standard InChI is InChI=1S/C16H22N2O/c1-13-3-2-8-17-16(13)14-4-6-15(7-5-14)18-9-11-19-12-10-18/h2-4,8,15H,5-7,9-12H2,1H3. The average Bonchev–Trinajstić information content (AvgIpc) is 2.49. The Balaban J connectivity index is 1.68. The van der Waals surface area contributed by atoms with E-state index < -0.39 is 0 Å². The van der Waals surface area contributed by atoms with Gasteiger partial charge in [0.1, 0.15) is 0 Å². The number of hydrogen-bond acceptors (Lipinski definition) is 3. The van der Waals surface area contributed by atoms with Gasteiger partial charge in [0, 0.05) is 25.3 Å². The van der Waals surface area contributed by atoms with Gasteiger partial charge in [-0.3, -0.25) is 9.88 Å². The van der Waals surface area contributed by atoms with Crippen molar-refractivity contribution in [1.82, 2.24) is 9.88 Å². The van der Waals surface area contributed by atoms with E-state index in [1.807, 2.05) is 12.3 Å². The van der Waals surface area contributed by atoms with E-state index in [0.29, 0.717) is 6.04 Å². The SMILES string of the molecule is Cc1cccnc1C1=CCC(N2CCOCC2)CC1. The third-order valence-corrected chi connectivity index (χ3v) is 4.26. The quantitative estimate of drug-likeness (QED) is 0.815. The topological polar surface area (TPSA) is 25.4 Å². The molecule has 0 saturated carbocycles. The molecule has 1 atom stereocenters. The molecule has 1 aliphatic carbocycles. The molecule has 1 aromatic heterocycles. The summed E-state index contributed by atoms with van der Waals surface area (Å²) in [6.45, 7) is 6.13. The van der Waals surface area contributed by atoms with Crippen molar-refractivity contribution < 1.29 is 4.74 Å². The van der Waals surface area contributed by atoms with E-state index in [1.54, 1.807) is 0 Å². The van der Waals surface area contributed by atoms with Gasteiger partial charge < -0.3 is 4.74 Å². The predicted molar refractivity (Wildman–Crippen MR) is 77.0 cm³/mol. The molecule has 0 bridgehead atoms. The molecule has 1 unspecified atom stereocenters. The molecule has 2 heterocycles. The summed E-state index contributed by atoms with van der Waals surface area (Å²) in [7, 11) is 0. The second-order valence-electron chi connectivity index (χ2n) is 5.47. The van der Waals surface area contributed by atoms with Crippen LogP contribution >= 0.6 is 0 Å². The Kier molecular flexibility index (Phi) is 3.95.